The molecule has 0 bridgehead atoms. The van der Waals surface area contributed by atoms with Gasteiger partial charge in [0.25, 0.3) is 0 Å². The first-order valence-corrected chi connectivity index (χ1v) is 6.33. The lowest BCUT2D eigenvalue weighted by Gasteiger charge is -2.23. The first kappa shape index (κ1) is 13.1. The zero-order valence-electron chi connectivity index (χ0n) is 10.4. The van der Waals surface area contributed by atoms with E-state index in [0.29, 0.717) is 19.6 Å². The highest BCUT2D eigenvalue weighted by Crippen LogP contribution is 2.12. The minimum atomic E-state index is -0.588. The van der Waals surface area contributed by atoms with Gasteiger partial charge in [-0.1, -0.05) is 30.3 Å². The summed E-state index contributed by atoms with van der Waals surface area (Å²) in [6.45, 7) is 1.32. The van der Waals surface area contributed by atoms with Crippen LogP contribution in [-0.4, -0.2) is 31.3 Å². The van der Waals surface area contributed by atoms with E-state index >= 15 is 0 Å². The molecule has 1 aliphatic rings. The number of hydrogen-bond donors (Lipinski definition) is 1. The van der Waals surface area contributed by atoms with E-state index in [2.05, 4.69) is 0 Å². The summed E-state index contributed by atoms with van der Waals surface area (Å²) >= 11 is 0. The van der Waals surface area contributed by atoms with Crippen molar-refractivity contribution in [1.29, 1.82) is 0 Å². The Labute approximate surface area is 107 Å². The molecule has 0 aliphatic carbocycles. The Morgan fingerprint density at radius 1 is 1.33 bits per heavy atom. The van der Waals surface area contributed by atoms with Crippen molar-refractivity contribution in [1.82, 2.24) is 0 Å². The van der Waals surface area contributed by atoms with Crippen LogP contribution in [0.4, 0.5) is 0 Å². The molecule has 2 N–H and O–H groups in total. The second kappa shape index (κ2) is 6.52. The molecule has 1 atom stereocenters. The van der Waals surface area contributed by atoms with Gasteiger partial charge in [-0.3, -0.25) is 4.79 Å². The van der Waals surface area contributed by atoms with Gasteiger partial charge in [-0.25, -0.2) is 0 Å². The number of esters is 1. The maximum Gasteiger partial charge on any atom is 0.323 e. The van der Waals surface area contributed by atoms with Gasteiger partial charge >= 0.3 is 5.97 Å². The van der Waals surface area contributed by atoms with Crippen molar-refractivity contribution in [3.05, 3.63) is 35.9 Å². The molecule has 1 saturated heterocycles. The maximum atomic E-state index is 11.8. The zero-order valence-corrected chi connectivity index (χ0v) is 10.4. The SMILES string of the molecule is N[C@@H](Cc1ccccc1)C(=O)OC1CCOCC1. The number of carbonyl (C=O) groups excluding carboxylic acids is 1. The summed E-state index contributed by atoms with van der Waals surface area (Å²) in [4.78, 5) is 11.8. The van der Waals surface area contributed by atoms with E-state index in [9.17, 15) is 4.79 Å². The summed E-state index contributed by atoms with van der Waals surface area (Å²) in [5.74, 6) is -0.314. The lowest BCUT2D eigenvalue weighted by atomic mass is 10.1. The monoisotopic (exact) mass is 249 g/mol. The highest BCUT2D eigenvalue weighted by molar-refractivity contribution is 5.76. The molecule has 4 nitrogen and oxygen atoms in total. The van der Waals surface area contributed by atoms with Crippen LogP contribution in [0.3, 0.4) is 0 Å². The Morgan fingerprint density at radius 3 is 2.67 bits per heavy atom. The molecular weight excluding hydrogens is 230 g/mol. The molecule has 98 valence electrons. The van der Waals surface area contributed by atoms with Crippen molar-refractivity contribution < 1.29 is 14.3 Å². The fraction of sp³-hybridized carbons (Fsp3) is 0.500. The van der Waals surface area contributed by atoms with E-state index in [-0.39, 0.29) is 12.1 Å². The summed E-state index contributed by atoms with van der Waals surface area (Å²) in [7, 11) is 0. The van der Waals surface area contributed by atoms with Gasteiger partial charge in [-0.15, -0.1) is 0 Å². The second-order valence-electron chi connectivity index (χ2n) is 4.54. The molecule has 1 aliphatic heterocycles. The molecule has 1 fully saturated rings. The van der Waals surface area contributed by atoms with E-state index in [4.69, 9.17) is 15.2 Å². The molecule has 1 aromatic rings. The topological polar surface area (TPSA) is 61.6 Å². The first-order valence-electron chi connectivity index (χ1n) is 6.33. The Balaban J connectivity index is 1.81. The highest BCUT2D eigenvalue weighted by atomic mass is 16.6. The third-order valence-electron chi connectivity index (χ3n) is 3.05. The number of rotatable bonds is 4. The van der Waals surface area contributed by atoms with Crippen molar-refractivity contribution in [3.8, 4) is 0 Å². The maximum absolute atomic E-state index is 11.8. The second-order valence-corrected chi connectivity index (χ2v) is 4.54. The van der Waals surface area contributed by atoms with Crippen molar-refractivity contribution in [2.45, 2.75) is 31.4 Å². The van der Waals surface area contributed by atoms with E-state index < -0.39 is 6.04 Å². The lowest BCUT2D eigenvalue weighted by Crippen LogP contribution is -2.38. The van der Waals surface area contributed by atoms with Gasteiger partial charge in [-0.2, -0.15) is 0 Å². The van der Waals surface area contributed by atoms with Crippen LogP contribution in [0.2, 0.25) is 0 Å². The van der Waals surface area contributed by atoms with E-state index in [1.54, 1.807) is 0 Å². The van der Waals surface area contributed by atoms with Crippen molar-refractivity contribution >= 4 is 5.97 Å². The predicted molar refractivity (Wildman–Crippen MR) is 68.1 cm³/mol. The molecular formula is C14H19NO3. The summed E-state index contributed by atoms with van der Waals surface area (Å²) in [6.07, 6.45) is 2.02. The van der Waals surface area contributed by atoms with Gasteiger partial charge in [0.05, 0.1) is 13.2 Å². The summed E-state index contributed by atoms with van der Waals surface area (Å²) in [5, 5.41) is 0. The number of hydrogen-bond acceptors (Lipinski definition) is 4. The number of ether oxygens (including phenoxy) is 2. The predicted octanol–water partition coefficient (Wildman–Crippen LogP) is 1.28. The Bertz CT molecular complexity index is 374. The zero-order chi connectivity index (χ0) is 12.8. The molecule has 0 spiro atoms. The molecule has 0 saturated carbocycles. The molecule has 0 amide bonds. The van der Waals surface area contributed by atoms with Crippen LogP contribution in [0.15, 0.2) is 30.3 Å². The van der Waals surface area contributed by atoms with Crippen LogP contribution >= 0.6 is 0 Å². The number of benzene rings is 1. The summed E-state index contributed by atoms with van der Waals surface area (Å²) in [5.41, 5.74) is 6.91. The molecule has 0 unspecified atom stereocenters. The normalized spacial score (nSPS) is 18.3. The molecule has 1 aromatic carbocycles. The van der Waals surface area contributed by atoms with Gasteiger partial charge in [0.2, 0.25) is 0 Å². The van der Waals surface area contributed by atoms with Gasteiger partial charge < -0.3 is 15.2 Å². The molecule has 1 heterocycles. The number of nitrogens with two attached hydrogens (primary N) is 1. The van der Waals surface area contributed by atoms with Gasteiger partial charge in [0.15, 0.2) is 0 Å². The Morgan fingerprint density at radius 2 is 2.00 bits per heavy atom. The van der Waals surface area contributed by atoms with Crippen LogP contribution in [-0.2, 0) is 20.7 Å². The highest BCUT2D eigenvalue weighted by Gasteiger charge is 2.22. The standard InChI is InChI=1S/C14H19NO3/c15-13(10-11-4-2-1-3-5-11)14(16)18-12-6-8-17-9-7-12/h1-5,12-13H,6-10,15H2/t13-/m0/s1. The van der Waals surface area contributed by atoms with Gasteiger partial charge in [-0.05, 0) is 12.0 Å². The molecule has 4 heteroatoms. The summed E-state index contributed by atoms with van der Waals surface area (Å²) < 4.78 is 10.6. The third kappa shape index (κ3) is 3.82. The minimum Gasteiger partial charge on any atom is -0.461 e. The van der Waals surface area contributed by atoms with E-state index in [1.807, 2.05) is 30.3 Å². The fourth-order valence-electron chi connectivity index (χ4n) is 2.00. The van der Waals surface area contributed by atoms with Gasteiger partial charge in [0, 0.05) is 12.8 Å². The van der Waals surface area contributed by atoms with Crippen LogP contribution in [0.25, 0.3) is 0 Å². The smallest absolute Gasteiger partial charge is 0.323 e. The Kier molecular flexibility index (Phi) is 4.73. The molecule has 18 heavy (non-hydrogen) atoms. The molecule has 2 rings (SSSR count). The van der Waals surface area contributed by atoms with E-state index in [0.717, 1.165) is 18.4 Å². The quantitative estimate of drug-likeness (QED) is 0.816. The number of carbonyl (C=O) groups is 1. The summed E-state index contributed by atoms with van der Waals surface area (Å²) in [6, 6.07) is 9.14. The van der Waals surface area contributed by atoms with Crippen molar-refractivity contribution in [2.75, 3.05) is 13.2 Å². The van der Waals surface area contributed by atoms with Crippen LogP contribution in [0.1, 0.15) is 18.4 Å². The average molecular weight is 249 g/mol. The Hall–Kier alpha value is -1.39. The minimum absolute atomic E-state index is 0.0342. The first-order chi connectivity index (χ1) is 8.75. The third-order valence-corrected chi connectivity index (χ3v) is 3.05. The average Bonchev–Trinajstić information content (AvgIpc) is 2.41. The van der Waals surface area contributed by atoms with Crippen LogP contribution < -0.4 is 5.73 Å². The van der Waals surface area contributed by atoms with Gasteiger partial charge in [0.1, 0.15) is 12.1 Å². The lowest BCUT2D eigenvalue weighted by molar-refractivity contribution is -0.154. The van der Waals surface area contributed by atoms with Crippen molar-refractivity contribution in [2.24, 2.45) is 5.73 Å². The largest absolute Gasteiger partial charge is 0.461 e. The van der Waals surface area contributed by atoms with Crippen molar-refractivity contribution in [3.63, 3.8) is 0 Å². The van der Waals surface area contributed by atoms with Crippen LogP contribution in [0, 0.1) is 0 Å². The molecule has 0 aromatic heterocycles. The molecule has 0 radical (unpaired) electrons. The fourth-order valence-corrected chi connectivity index (χ4v) is 2.00. The van der Waals surface area contributed by atoms with E-state index in [1.165, 1.54) is 0 Å². The van der Waals surface area contributed by atoms with Crippen LogP contribution in [0.5, 0.6) is 0 Å².